The van der Waals surface area contributed by atoms with E-state index in [9.17, 15) is 0 Å². The van der Waals surface area contributed by atoms with E-state index in [-0.39, 0.29) is 0 Å². The summed E-state index contributed by atoms with van der Waals surface area (Å²) >= 11 is 0. The third kappa shape index (κ3) is 5.13. The van der Waals surface area contributed by atoms with Crippen molar-refractivity contribution in [3.8, 4) is 39.9 Å². The van der Waals surface area contributed by atoms with Gasteiger partial charge in [0.15, 0.2) is 17.5 Å². The number of benzene rings is 7. The van der Waals surface area contributed by atoms with E-state index in [0.717, 1.165) is 71.7 Å². The van der Waals surface area contributed by atoms with Crippen LogP contribution in [0.3, 0.4) is 0 Å². The number of fused-ring (bicyclic) bond motifs is 7. The van der Waals surface area contributed by atoms with Crippen molar-refractivity contribution in [1.29, 1.82) is 0 Å². The van der Waals surface area contributed by atoms with E-state index in [0.29, 0.717) is 17.5 Å². The van der Waals surface area contributed by atoms with Crippen LogP contribution < -0.4 is 0 Å². The average Bonchev–Trinajstić information content (AvgIpc) is 3.74. The summed E-state index contributed by atoms with van der Waals surface area (Å²) in [5, 5.41) is 6.69. The maximum atomic E-state index is 6.69. The molecule has 7 aromatic carbocycles. The molecule has 250 valence electrons. The Balaban J connectivity index is 1.29. The van der Waals surface area contributed by atoms with Crippen molar-refractivity contribution in [2.45, 2.75) is 6.92 Å². The molecule has 0 radical (unpaired) electrons. The van der Waals surface area contributed by atoms with Crippen molar-refractivity contribution in [2.24, 2.45) is 0 Å². The van der Waals surface area contributed by atoms with Crippen molar-refractivity contribution < 1.29 is 4.42 Å². The van der Waals surface area contributed by atoms with Crippen molar-refractivity contribution in [2.75, 3.05) is 0 Å². The molecule has 0 N–H and O–H groups in total. The van der Waals surface area contributed by atoms with Crippen LogP contribution in [0.2, 0.25) is 0 Å². The first kappa shape index (κ1) is 30.7. The van der Waals surface area contributed by atoms with Crippen molar-refractivity contribution >= 4 is 60.6 Å². The van der Waals surface area contributed by atoms with E-state index in [4.69, 9.17) is 19.4 Å². The smallest absolute Gasteiger partial charge is 0.167 e. The molecular formula is C48H32N4O. The first-order chi connectivity index (χ1) is 26.1. The molecule has 0 saturated heterocycles. The van der Waals surface area contributed by atoms with Gasteiger partial charge in [0.05, 0.1) is 16.6 Å². The molecule has 10 aromatic rings. The quantitative estimate of drug-likeness (QED) is 0.164. The molecule has 53 heavy (non-hydrogen) atoms. The summed E-state index contributed by atoms with van der Waals surface area (Å²) in [7, 11) is 0. The van der Waals surface area contributed by atoms with Crippen LogP contribution in [-0.4, -0.2) is 19.5 Å². The Morgan fingerprint density at radius 2 is 1.28 bits per heavy atom. The lowest BCUT2D eigenvalue weighted by Gasteiger charge is -2.13. The van der Waals surface area contributed by atoms with Gasteiger partial charge in [-0.25, -0.2) is 15.0 Å². The maximum Gasteiger partial charge on any atom is 0.167 e. The fourth-order valence-corrected chi connectivity index (χ4v) is 7.55. The lowest BCUT2D eigenvalue weighted by atomic mass is 10.0. The highest BCUT2D eigenvalue weighted by Gasteiger charge is 2.22. The van der Waals surface area contributed by atoms with E-state index in [1.165, 1.54) is 16.3 Å². The van der Waals surface area contributed by atoms with Crippen LogP contribution in [0.15, 0.2) is 169 Å². The number of nitrogens with zero attached hydrogens (tertiary/aromatic N) is 4. The van der Waals surface area contributed by atoms with E-state index in [1.54, 1.807) is 0 Å². The molecular weight excluding hydrogens is 649 g/mol. The van der Waals surface area contributed by atoms with E-state index < -0.39 is 0 Å². The van der Waals surface area contributed by atoms with Crippen molar-refractivity contribution in [3.05, 3.63) is 175 Å². The highest BCUT2D eigenvalue weighted by molar-refractivity contribution is 6.13. The van der Waals surface area contributed by atoms with Crippen molar-refractivity contribution in [3.63, 3.8) is 0 Å². The Kier molecular flexibility index (Phi) is 7.12. The molecule has 0 unspecified atom stereocenters. The second-order valence-electron chi connectivity index (χ2n) is 13.4. The SMILES string of the molecule is C=C/C=C\c1cc2c(cc1C)c1ccccc1n2-c1cc(-c2nc(-c3ccccc3)nc(-c3ccc4ccccc4c3)n2)c2oc3ccccc3c2c1. The first-order valence-electron chi connectivity index (χ1n) is 17.7. The molecule has 0 fully saturated rings. The van der Waals surface area contributed by atoms with Crippen LogP contribution in [0.5, 0.6) is 0 Å². The molecule has 5 nitrogen and oxygen atoms in total. The van der Waals surface area contributed by atoms with Crippen LogP contribution in [0.1, 0.15) is 11.1 Å². The third-order valence-electron chi connectivity index (χ3n) is 10.1. The number of aromatic nitrogens is 4. The van der Waals surface area contributed by atoms with Gasteiger partial charge < -0.3 is 8.98 Å². The third-order valence-corrected chi connectivity index (χ3v) is 10.1. The van der Waals surface area contributed by atoms with E-state index in [2.05, 4.69) is 127 Å². The number of rotatable bonds is 6. The zero-order valence-corrected chi connectivity index (χ0v) is 29.0. The molecule has 0 aliphatic carbocycles. The molecule has 3 heterocycles. The molecule has 3 aromatic heterocycles. The summed E-state index contributed by atoms with van der Waals surface area (Å²) in [6.45, 7) is 6.06. The lowest BCUT2D eigenvalue weighted by Crippen LogP contribution is -2.01. The molecule has 0 spiro atoms. The van der Waals surface area contributed by atoms with Crippen LogP contribution in [0.25, 0.3) is 100 Å². The standard InChI is InChI=1S/C48H32N4O/c1-3-4-14-33-27-43-39(25-30(33)2)37-19-10-12-21-42(37)52(43)36-28-40-38-20-11-13-22-44(38)53-45(40)41(29-36)48-50-46(32-16-6-5-7-17-32)49-47(51-48)35-24-23-31-15-8-9-18-34(31)26-35/h3-29H,1H2,2H3/b14-4-. The summed E-state index contributed by atoms with van der Waals surface area (Å²) in [4.78, 5) is 15.5. The van der Waals surface area contributed by atoms with Crippen LogP contribution in [0.4, 0.5) is 0 Å². The summed E-state index contributed by atoms with van der Waals surface area (Å²) in [6, 6.07) is 50.6. The number of hydrogen-bond acceptors (Lipinski definition) is 4. The predicted molar refractivity (Wildman–Crippen MR) is 219 cm³/mol. The Hall–Kier alpha value is -7.11. The van der Waals surface area contributed by atoms with Gasteiger partial charge in [-0.3, -0.25) is 0 Å². The summed E-state index contributed by atoms with van der Waals surface area (Å²) in [5.74, 6) is 1.74. The number of hydrogen-bond donors (Lipinski definition) is 0. The largest absolute Gasteiger partial charge is 0.455 e. The normalized spacial score (nSPS) is 11.9. The summed E-state index contributed by atoms with van der Waals surface area (Å²) in [6.07, 6.45) is 5.92. The zero-order valence-electron chi connectivity index (χ0n) is 29.0. The first-order valence-corrected chi connectivity index (χ1v) is 17.7. The lowest BCUT2D eigenvalue weighted by molar-refractivity contribution is 0.669. The number of furan rings is 1. The molecule has 10 rings (SSSR count). The van der Waals surface area contributed by atoms with E-state index in [1.807, 2.05) is 54.6 Å². The van der Waals surface area contributed by atoms with Gasteiger partial charge in [-0.05, 0) is 71.3 Å². The zero-order chi connectivity index (χ0) is 35.5. The van der Waals surface area contributed by atoms with Gasteiger partial charge in [0.2, 0.25) is 0 Å². The minimum Gasteiger partial charge on any atom is -0.455 e. The van der Waals surface area contributed by atoms with Crippen LogP contribution >= 0.6 is 0 Å². The second kappa shape index (κ2) is 12.3. The van der Waals surface area contributed by atoms with Crippen LogP contribution in [-0.2, 0) is 0 Å². The summed E-state index contributed by atoms with van der Waals surface area (Å²) in [5.41, 5.74) is 9.71. The molecule has 0 aliphatic heterocycles. The fourth-order valence-electron chi connectivity index (χ4n) is 7.55. The monoisotopic (exact) mass is 680 g/mol. The van der Waals surface area contributed by atoms with Gasteiger partial charge in [0.25, 0.3) is 0 Å². The molecule has 5 heteroatoms. The minimum atomic E-state index is 0.541. The minimum absolute atomic E-state index is 0.541. The highest BCUT2D eigenvalue weighted by atomic mass is 16.3. The van der Waals surface area contributed by atoms with Crippen molar-refractivity contribution in [1.82, 2.24) is 19.5 Å². The molecule has 0 amide bonds. The fraction of sp³-hybridized carbons (Fsp3) is 0.0208. The van der Waals surface area contributed by atoms with Crippen LogP contribution in [0, 0.1) is 6.92 Å². The predicted octanol–water partition coefficient (Wildman–Crippen LogP) is 12.5. The van der Waals surface area contributed by atoms with E-state index >= 15 is 0 Å². The van der Waals surface area contributed by atoms with Gasteiger partial charge in [-0.2, -0.15) is 0 Å². The van der Waals surface area contributed by atoms with Gasteiger partial charge in [0, 0.05) is 38.4 Å². The number of aryl methyl sites for hydroxylation is 1. The Morgan fingerprint density at radius 1 is 0.566 bits per heavy atom. The van der Waals surface area contributed by atoms with Gasteiger partial charge in [-0.1, -0.05) is 128 Å². The molecule has 0 aliphatic rings. The van der Waals surface area contributed by atoms with Gasteiger partial charge in [0.1, 0.15) is 11.2 Å². The Labute approximate surface area is 305 Å². The average molecular weight is 681 g/mol. The van der Waals surface area contributed by atoms with Gasteiger partial charge in [-0.15, -0.1) is 0 Å². The summed E-state index contributed by atoms with van der Waals surface area (Å²) < 4.78 is 9.04. The topological polar surface area (TPSA) is 56.7 Å². The second-order valence-corrected chi connectivity index (χ2v) is 13.4. The Bertz CT molecular complexity index is 3090. The molecule has 0 saturated carbocycles. The maximum absolute atomic E-state index is 6.69. The number of allylic oxidation sites excluding steroid dienone is 2. The number of para-hydroxylation sites is 2. The molecule has 0 bridgehead atoms. The molecule has 0 atom stereocenters. The Morgan fingerprint density at radius 3 is 2.13 bits per heavy atom. The van der Waals surface area contributed by atoms with Gasteiger partial charge >= 0.3 is 0 Å². The highest BCUT2D eigenvalue weighted by Crippen LogP contribution is 2.41.